The maximum Gasteiger partial charge on any atom is 0.372 e. The Labute approximate surface area is 122 Å². The summed E-state index contributed by atoms with van der Waals surface area (Å²) in [6.45, 7) is 7.76. The van der Waals surface area contributed by atoms with Crippen LogP contribution in [0.15, 0.2) is 29.2 Å². The van der Waals surface area contributed by atoms with Crippen LogP contribution >= 0.6 is 7.26 Å². The molecule has 0 saturated carbocycles. The van der Waals surface area contributed by atoms with Crippen LogP contribution in [-0.4, -0.2) is 32.6 Å². The minimum Gasteiger partial charge on any atom is -0.226 e. The number of hydrogen-bond donors (Lipinski definition) is 1. The average molecular weight is 316 g/mol. The van der Waals surface area contributed by atoms with E-state index in [4.69, 9.17) is 0 Å². The smallest absolute Gasteiger partial charge is 0.226 e. The molecule has 0 atom stereocenters. The molecular formula is C14H23NO3PS+. The Morgan fingerprint density at radius 2 is 1.50 bits per heavy atom. The molecule has 6 heteroatoms. The molecule has 0 aliphatic carbocycles. The van der Waals surface area contributed by atoms with Crippen LogP contribution in [0.25, 0.3) is 0 Å². The van der Waals surface area contributed by atoms with Gasteiger partial charge in [0.2, 0.25) is 0 Å². The third-order valence-electron chi connectivity index (χ3n) is 3.80. The Morgan fingerprint density at radius 1 is 1.05 bits per heavy atom. The number of amides is 1. The van der Waals surface area contributed by atoms with Crippen molar-refractivity contribution in [3.63, 3.8) is 0 Å². The molecule has 0 unspecified atom stereocenters. The molecule has 0 aliphatic heterocycles. The first-order valence-corrected chi connectivity index (χ1v) is 10.6. The summed E-state index contributed by atoms with van der Waals surface area (Å²) in [5, 5.41) is 0. The highest BCUT2D eigenvalue weighted by atomic mass is 32.2. The van der Waals surface area contributed by atoms with E-state index >= 15 is 0 Å². The summed E-state index contributed by atoms with van der Waals surface area (Å²) >= 11 is 0. The molecule has 0 aliphatic rings. The standard InChI is InChI=1S/C14H22NO3PS/c1-5-19(6-2,7-3)14(16)15-20(17,18)13-10-8-12(4)9-11-13/h8-11H,5-7H2,1-4H3/p+1. The molecule has 0 spiro atoms. The Hall–Kier alpha value is -0.930. The second kappa shape index (κ2) is 6.68. The summed E-state index contributed by atoms with van der Waals surface area (Å²) in [4.78, 5) is 12.5. The molecule has 0 heterocycles. The lowest BCUT2D eigenvalue weighted by Gasteiger charge is -2.21. The summed E-state index contributed by atoms with van der Waals surface area (Å²) in [5.41, 5.74) is 0.679. The van der Waals surface area contributed by atoms with E-state index in [0.717, 1.165) is 24.0 Å². The van der Waals surface area contributed by atoms with E-state index < -0.39 is 17.3 Å². The van der Waals surface area contributed by atoms with Gasteiger partial charge in [0.15, 0.2) is 0 Å². The molecule has 1 N–H and O–H groups in total. The van der Waals surface area contributed by atoms with Gasteiger partial charge < -0.3 is 0 Å². The molecule has 0 fully saturated rings. The van der Waals surface area contributed by atoms with Gasteiger partial charge in [0, 0.05) is 0 Å². The SMILES string of the molecule is CC[P+](CC)(CC)C(=O)NS(=O)(=O)c1ccc(C)cc1. The van der Waals surface area contributed by atoms with Crippen LogP contribution in [0, 0.1) is 6.92 Å². The molecule has 112 valence electrons. The van der Waals surface area contributed by atoms with E-state index in [0.29, 0.717) is 0 Å². The Bertz CT molecular complexity index is 554. The average Bonchev–Trinajstić information content (AvgIpc) is 2.41. The zero-order chi connectivity index (χ0) is 15.4. The van der Waals surface area contributed by atoms with Gasteiger partial charge in [-0.05, 0) is 39.8 Å². The van der Waals surface area contributed by atoms with Crippen LogP contribution in [0.3, 0.4) is 0 Å². The molecule has 4 nitrogen and oxygen atoms in total. The first-order valence-electron chi connectivity index (χ1n) is 6.81. The van der Waals surface area contributed by atoms with E-state index in [9.17, 15) is 13.2 Å². The van der Waals surface area contributed by atoms with Gasteiger partial charge in [-0.25, -0.2) is 17.9 Å². The van der Waals surface area contributed by atoms with Crippen molar-refractivity contribution in [2.75, 3.05) is 18.5 Å². The molecule has 0 bridgehead atoms. The van der Waals surface area contributed by atoms with Crippen LogP contribution in [0.2, 0.25) is 0 Å². The number of carbonyl (C=O) groups is 1. The first-order chi connectivity index (χ1) is 9.31. The van der Waals surface area contributed by atoms with Crippen molar-refractivity contribution in [3.8, 4) is 0 Å². The van der Waals surface area contributed by atoms with Crippen molar-refractivity contribution in [3.05, 3.63) is 29.8 Å². The van der Waals surface area contributed by atoms with E-state index in [1.165, 1.54) is 12.1 Å². The van der Waals surface area contributed by atoms with Crippen LogP contribution in [0.1, 0.15) is 26.3 Å². The van der Waals surface area contributed by atoms with Crippen molar-refractivity contribution in [2.24, 2.45) is 0 Å². The number of aryl methyl sites for hydroxylation is 1. The van der Waals surface area contributed by atoms with Crippen LogP contribution in [-0.2, 0) is 10.0 Å². The summed E-state index contributed by atoms with van der Waals surface area (Å²) in [7, 11) is -5.65. The van der Waals surface area contributed by atoms with Gasteiger partial charge in [0.05, 0.1) is 23.4 Å². The maximum atomic E-state index is 12.4. The third-order valence-corrected chi connectivity index (χ3v) is 9.90. The quantitative estimate of drug-likeness (QED) is 0.817. The largest absolute Gasteiger partial charge is 0.372 e. The minimum absolute atomic E-state index is 0.137. The lowest BCUT2D eigenvalue weighted by atomic mass is 10.2. The number of carbonyl (C=O) groups excluding carboxylic acids is 1. The summed E-state index contributed by atoms with van der Waals surface area (Å²) in [6, 6.07) is 6.49. The fourth-order valence-electron chi connectivity index (χ4n) is 2.09. The van der Waals surface area contributed by atoms with Crippen LogP contribution < -0.4 is 4.72 Å². The Kier molecular flexibility index (Phi) is 5.72. The van der Waals surface area contributed by atoms with Crippen LogP contribution in [0.4, 0.5) is 4.79 Å². The normalized spacial score (nSPS) is 12.2. The molecule has 1 amide bonds. The zero-order valence-electron chi connectivity index (χ0n) is 12.5. The number of nitrogens with one attached hydrogen (secondary N) is 1. The molecule has 20 heavy (non-hydrogen) atoms. The highest BCUT2D eigenvalue weighted by molar-refractivity contribution is 7.96. The van der Waals surface area contributed by atoms with Crippen LogP contribution in [0.5, 0.6) is 0 Å². The fraction of sp³-hybridized carbons (Fsp3) is 0.500. The van der Waals surface area contributed by atoms with Gasteiger partial charge in [0.1, 0.15) is 7.26 Å². The summed E-state index contributed by atoms with van der Waals surface area (Å²) in [5.74, 6) is 0. The third kappa shape index (κ3) is 3.58. The van der Waals surface area contributed by atoms with Crippen molar-refractivity contribution < 1.29 is 13.2 Å². The number of hydrogen-bond acceptors (Lipinski definition) is 3. The summed E-state index contributed by atoms with van der Waals surface area (Å²) < 4.78 is 26.7. The van der Waals surface area contributed by atoms with Gasteiger partial charge in [-0.3, -0.25) is 0 Å². The predicted molar refractivity (Wildman–Crippen MR) is 85.4 cm³/mol. The molecule has 1 rings (SSSR count). The second-order valence-corrected chi connectivity index (χ2v) is 11.1. The van der Waals surface area contributed by atoms with Crippen molar-refractivity contribution >= 4 is 22.9 Å². The first kappa shape index (κ1) is 17.1. The lowest BCUT2D eigenvalue weighted by molar-refractivity contribution is 0.263. The topological polar surface area (TPSA) is 63.2 Å². The van der Waals surface area contributed by atoms with E-state index in [-0.39, 0.29) is 10.5 Å². The molecule has 1 aromatic rings. The van der Waals surface area contributed by atoms with Crippen molar-refractivity contribution in [1.29, 1.82) is 0 Å². The molecule has 0 radical (unpaired) electrons. The highest BCUT2D eigenvalue weighted by Gasteiger charge is 2.43. The number of benzene rings is 1. The van der Waals surface area contributed by atoms with E-state index in [1.807, 2.05) is 27.7 Å². The van der Waals surface area contributed by atoms with Gasteiger partial charge in [-0.2, -0.15) is 0 Å². The second-order valence-electron chi connectivity index (χ2n) is 4.82. The summed E-state index contributed by atoms with van der Waals surface area (Å²) in [6.07, 6.45) is 2.19. The maximum absolute atomic E-state index is 12.4. The van der Waals surface area contributed by atoms with Gasteiger partial charge in [0.25, 0.3) is 10.0 Å². The van der Waals surface area contributed by atoms with E-state index in [2.05, 4.69) is 4.72 Å². The number of sulfonamides is 1. The molecule has 0 saturated heterocycles. The van der Waals surface area contributed by atoms with Gasteiger partial charge in [-0.1, -0.05) is 17.7 Å². The fourth-order valence-corrected chi connectivity index (χ4v) is 6.27. The zero-order valence-corrected chi connectivity index (χ0v) is 14.2. The van der Waals surface area contributed by atoms with Gasteiger partial charge in [-0.15, -0.1) is 0 Å². The minimum atomic E-state index is -3.76. The molecule has 1 aromatic carbocycles. The van der Waals surface area contributed by atoms with Gasteiger partial charge >= 0.3 is 5.65 Å². The van der Waals surface area contributed by atoms with Crippen molar-refractivity contribution in [1.82, 2.24) is 4.72 Å². The predicted octanol–water partition coefficient (Wildman–Crippen LogP) is 3.47. The lowest BCUT2D eigenvalue weighted by Crippen LogP contribution is -2.33. The van der Waals surface area contributed by atoms with Crippen molar-refractivity contribution in [2.45, 2.75) is 32.6 Å². The Balaban J connectivity index is 3.02. The molecular weight excluding hydrogens is 293 g/mol. The molecule has 0 aromatic heterocycles. The van der Waals surface area contributed by atoms with E-state index in [1.54, 1.807) is 12.1 Å². The highest BCUT2D eigenvalue weighted by Crippen LogP contribution is 2.58. The monoisotopic (exact) mass is 316 g/mol. The Morgan fingerprint density at radius 3 is 1.90 bits per heavy atom. The number of rotatable bonds is 6.